The van der Waals surface area contributed by atoms with Gasteiger partial charge in [0.2, 0.25) is 0 Å². The molecule has 0 saturated carbocycles. The predicted octanol–water partition coefficient (Wildman–Crippen LogP) is 2.96. The third-order valence-electron chi connectivity index (χ3n) is 2.23. The van der Waals surface area contributed by atoms with Gasteiger partial charge in [-0.3, -0.25) is 0 Å². The number of piperidine rings is 1. The Bertz CT molecular complexity index is 101. The molecule has 1 fully saturated rings. The van der Waals surface area contributed by atoms with E-state index in [0.717, 1.165) is 6.54 Å². The molecule has 1 aliphatic heterocycles. The van der Waals surface area contributed by atoms with Gasteiger partial charge >= 0.3 is 0 Å². The van der Waals surface area contributed by atoms with Crippen LogP contribution in [0.2, 0.25) is 0 Å². The zero-order valence-corrected chi connectivity index (χ0v) is 10.8. The molecule has 11 heavy (non-hydrogen) atoms. The second kappa shape index (κ2) is 4.94. The molecule has 1 aliphatic rings. The molecule has 1 radical (unpaired) electrons. The van der Waals surface area contributed by atoms with Gasteiger partial charge in [-0.25, -0.2) is 0 Å². The molecule has 0 bridgehead atoms. The van der Waals surface area contributed by atoms with Crippen molar-refractivity contribution in [3.05, 3.63) is 5.32 Å². The van der Waals surface area contributed by atoms with E-state index in [1.54, 1.807) is 0 Å². The van der Waals surface area contributed by atoms with Crippen LogP contribution >= 0.6 is 0 Å². The fourth-order valence-corrected chi connectivity index (χ4v) is 1.49. The Balaban J connectivity index is 0.000001000. The summed E-state index contributed by atoms with van der Waals surface area (Å²) < 4.78 is 0. The summed E-state index contributed by atoms with van der Waals surface area (Å²) in [6.45, 7) is 7.95. The third-order valence-corrected chi connectivity index (χ3v) is 2.23. The summed E-state index contributed by atoms with van der Waals surface area (Å²) in [6.07, 6.45) is 4.00. The number of nitrogens with zero attached hydrogens (tertiary/aromatic N) is 1. The molecule has 0 N–H and O–H groups in total. The SMILES string of the molecule is CC(C)(C)C1CCCC[N-]1.[Y]. The van der Waals surface area contributed by atoms with Crippen LogP contribution in [0.4, 0.5) is 0 Å². The van der Waals surface area contributed by atoms with Crippen LogP contribution in [0.3, 0.4) is 0 Å². The Labute approximate surface area is 95.6 Å². The smallest absolute Gasteiger partial charge is 0 e. The molecule has 1 unspecified atom stereocenters. The third kappa shape index (κ3) is 4.01. The molecule has 0 aromatic rings. The Hall–Kier alpha value is 1.06. The maximum atomic E-state index is 4.60. The molecule has 2 heteroatoms. The molecule has 63 valence electrons. The molecule has 1 saturated heterocycles. The summed E-state index contributed by atoms with van der Waals surface area (Å²) in [5, 5.41) is 4.60. The van der Waals surface area contributed by atoms with Gasteiger partial charge in [0.1, 0.15) is 0 Å². The second-order valence-electron chi connectivity index (χ2n) is 4.28. The van der Waals surface area contributed by atoms with Crippen molar-refractivity contribution >= 4 is 0 Å². The quantitative estimate of drug-likeness (QED) is 0.606. The van der Waals surface area contributed by atoms with Gasteiger partial charge < -0.3 is 5.32 Å². The predicted molar refractivity (Wildman–Crippen MR) is 45.3 cm³/mol. The van der Waals surface area contributed by atoms with Crippen LogP contribution in [0, 0.1) is 5.41 Å². The first-order chi connectivity index (χ1) is 4.61. The van der Waals surface area contributed by atoms with Gasteiger partial charge in [-0.15, -0.1) is 12.6 Å². The van der Waals surface area contributed by atoms with Crippen LogP contribution in [-0.2, 0) is 32.7 Å². The Morgan fingerprint density at radius 2 is 1.82 bits per heavy atom. The first-order valence-corrected chi connectivity index (χ1v) is 4.27. The minimum absolute atomic E-state index is 0. The molecular formula is C9H18NY-. The molecule has 0 spiro atoms. The van der Waals surface area contributed by atoms with Crippen LogP contribution < -0.4 is 0 Å². The maximum absolute atomic E-state index is 4.60. The van der Waals surface area contributed by atoms with Crippen molar-refractivity contribution < 1.29 is 32.7 Å². The molecule has 1 atom stereocenters. The van der Waals surface area contributed by atoms with E-state index in [4.69, 9.17) is 0 Å². The van der Waals surface area contributed by atoms with Gasteiger partial charge in [-0.1, -0.05) is 45.4 Å². The summed E-state index contributed by atoms with van der Waals surface area (Å²) in [4.78, 5) is 0. The molecular weight excluding hydrogens is 211 g/mol. The molecule has 0 aromatic heterocycles. The minimum Gasteiger partial charge on any atom is -0.659 e. The van der Waals surface area contributed by atoms with E-state index < -0.39 is 0 Å². The Morgan fingerprint density at radius 1 is 1.18 bits per heavy atom. The number of hydrogen-bond acceptors (Lipinski definition) is 0. The standard InChI is InChI=1S/C9H18N.Y/c1-9(2,3)8-6-4-5-7-10-8;/h8H,4-7H2,1-3H3;/q-1;. The van der Waals surface area contributed by atoms with Crippen LogP contribution in [-0.4, -0.2) is 12.6 Å². The van der Waals surface area contributed by atoms with Crippen molar-refractivity contribution in [3.8, 4) is 0 Å². The molecule has 1 nitrogen and oxygen atoms in total. The first-order valence-electron chi connectivity index (χ1n) is 4.27. The Kier molecular flexibility index (Phi) is 5.42. The number of rotatable bonds is 0. The van der Waals surface area contributed by atoms with Crippen LogP contribution in [0.25, 0.3) is 5.32 Å². The minimum atomic E-state index is 0. The van der Waals surface area contributed by atoms with Gasteiger partial charge in [0.15, 0.2) is 0 Å². The Morgan fingerprint density at radius 3 is 2.09 bits per heavy atom. The molecule has 0 aromatic carbocycles. The fraction of sp³-hybridized carbons (Fsp3) is 1.00. The largest absolute Gasteiger partial charge is 0.659 e. The van der Waals surface area contributed by atoms with Crippen molar-refractivity contribution in [2.45, 2.75) is 46.1 Å². The average molecular weight is 229 g/mol. The summed E-state index contributed by atoms with van der Waals surface area (Å²) in [5.41, 5.74) is 0.403. The first kappa shape index (κ1) is 12.1. The monoisotopic (exact) mass is 229 g/mol. The van der Waals surface area contributed by atoms with Gasteiger partial charge in [-0.05, 0) is 0 Å². The summed E-state index contributed by atoms with van der Waals surface area (Å²) in [7, 11) is 0. The van der Waals surface area contributed by atoms with Crippen LogP contribution in [0.1, 0.15) is 40.0 Å². The van der Waals surface area contributed by atoms with E-state index in [2.05, 4.69) is 26.1 Å². The van der Waals surface area contributed by atoms with Gasteiger partial charge in [0.25, 0.3) is 0 Å². The van der Waals surface area contributed by atoms with Crippen LogP contribution in [0.15, 0.2) is 0 Å². The second-order valence-corrected chi connectivity index (χ2v) is 4.28. The van der Waals surface area contributed by atoms with Crippen LogP contribution in [0.5, 0.6) is 0 Å². The van der Waals surface area contributed by atoms with Crippen molar-refractivity contribution in [1.82, 2.24) is 0 Å². The average Bonchev–Trinajstić information content (AvgIpc) is 1.88. The maximum Gasteiger partial charge on any atom is 0 e. The molecule has 0 amide bonds. The topological polar surface area (TPSA) is 14.1 Å². The van der Waals surface area contributed by atoms with Crippen molar-refractivity contribution in [1.29, 1.82) is 0 Å². The summed E-state index contributed by atoms with van der Waals surface area (Å²) in [5.74, 6) is 0. The fourth-order valence-electron chi connectivity index (χ4n) is 1.49. The van der Waals surface area contributed by atoms with Crippen molar-refractivity contribution in [3.63, 3.8) is 0 Å². The van der Waals surface area contributed by atoms with E-state index in [1.165, 1.54) is 19.3 Å². The van der Waals surface area contributed by atoms with E-state index in [1.807, 2.05) is 0 Å². The van der Waals surface area contributed by atoms with E-state index in [0.29, 0.717) is 11.5 Å². The zero-order valence-electron chi connectivity index (χ0n) is 7.93. The molecule has 0 aliphatic carbocycles. The normalized spacial score (nSPS) is 25.9. The number of hydrogen-bond donors (Lipinski definition) is 0. The molecule has 1 rings (SSSR count). The van der Waals surface area contributed by atoms with Crippen molar-refractivity contribution in [2.75, 3.05) is 6.54 Å². The summed E-state index contributed by atoms with van der Waals surface area (Å²) >= 11 is 0. The molecule has 1 heterocycles. The summed E-state index contributed by atoms with van der Waals surface area (Å²) in [6, 6.07) is 0.626. The van der Waals surface area contributed by atoms with E-state index in [9.17, 15) is 0 Å². The van der Waals surface area contributed by atoms with Gasteiger partial charge in [0, 0.05) is 32.7 Å². The van der Waals surface area contributed by atoms with E-state index in [-0.39, 0.29) is 32.7 Å². The van der Waals surface area contributed by atoms with Gasteiger partial charge in [-0.2, -0.15) is 0 Å². The van der Waals surface area contributed by atoms with Crippen molar-refractivity contribution in [2.24, 2.45) is 5.41 Å². The van der Waals surface area contributed by atoms with E-state index >= 15 is 0 Å². The van der Waals surface area contributed by atoms with Gasteiger partial charge in [0.05, 0.1) is 0 Å². The zero-order chi connectivity index (χ0) is 7.61.